The highest BCUT2D eigenvalue weighted by Crippen LogP contribution is 2.17. The minimum absolute atomic E-state index is 0.205. The summed E-state index contributed by atoms with van der Waals surface area (Å²) >= 11 is 7.65. The summed E-state index contributed by atoms with van der Waals surface area (Å²) in [5, 5.41) is 13.1. The third-order valence-corrected chi connectivity index (χ3v) is 5.10. The summed E-state index contributed by atoms with van der Waals surface area (Å²) in [4.78, 5) is 15.0. The zero-order valence-corrected chi connectivity index (χ0v) is 14.6. The molecule has 1 aromatic heterocycles. The quantitative estimate of drug-likeness (QED) is 0.727. The molecule has 2 aromatic carbocycles. The first-order valence-electron chi connectivity index (χ1n) is 7.67. The predicted octanol–water partition coefficient (Wildman–Crippen LogP) is 3.04. The van der Waals surface area contributed by atoms with Crippen LogP contribution < -0.4 is 11.0 Å². The van der Waals surface area contributed by atoms with Gasteiger partial charge >= 0.3 is 5.69 Å². The highest BCUT2D eigenvalue weighted by Gasteiger charge is 2.17. The molecule has 0 atom stereocenters. The molecule has 0 fully saturated rings. The number of para-hydroxylation sites is 2. The van der Waals surface area contributed by atoms with Crippen LogP contribution >= 0.6 is 23.4 Å². The van der Waals surface area contributed by atoms with E-state index in [-0.39, 0.29) is 5.69 Å². The summed E-state index contributed by atoms with van der Waals surface area (Å²) in [6.45, 7) is 0.573. The van der Waals surface area contributed by atoms with Gasteiger partial charge in [0.2, 0.25) is 0 Å². The summed E-state index contributed by atoms with van der Waals surface area (Å²) in [5.74, 6) is 1.16. The van der Waals surface area contributed by atoms with E-state index >= 15 is 0 Å². The standard InChI is InChI=1S/C17H14ClN5OS/c18-12-6-2-1-5-11(12)9-19-16-22-21-15(10-25-16)23-14-8-4-3-7-13(14)20-17(23)24/h1-8H,9-10H2,(H,19,22)(H,20,24). The van der Waals surface area contributed by atoms with Gasteiger partial charge in [-0.1, -0.05) is 53.7 Å². The lowest BCUT2D eigenvalue weighted by molar-refractivity contribution is 0.916. The van der Waals surface area contributed by atoms with Crippen molar-refractivity contribution in [2.75, 3.05) is 5.75 Å². The average molecular weight is 372 g/mol. The van der Waals surface area contributed by atoms with Crippen LogP contribution in [0.5, 0.6) is 0 Å². The molecule has 0 radical (unpaired) electrons. The maximum absolute atomic E-state index is 12.2. The molecule has 0 amide bonds. The molecular weight excluding hydrogens is 358 g/mol. The van der Waals surface area contributed by atoms with Crippen molar-refractivity contribution in [2.45, 2.75) is 6.54 Å². The third kappa shape index (κ3) is 3.20. The number of hydrogen-bond acceptors (Lipinski definition) is 5. The van der Waals surface area contributed by atoms with Gasteiger partial charge in [0.1, 0.15) is 0 Å². The molecular formula is C17H14ClN5OS. The van der Waals surface area contributed by atoms with Crippen LogP contribution in [-0.2, 0) is 6.54 Å². The predicted molar refractivity (Wildman–Crippen MR) is 104 cm³/mol. The molecule has 0 bridgehead atoms. The number of amidine groups is 1. The number of imidazole rings is 1. The second kappa shape index (κ2) is 6.78. The van der Waals surface area contributed by atoms with Gasteiger partial charge in [0.15, 0.2) is 11.0 Å². The Bertz CT molecular complexity index is 1050. The second-order valence-corrected chi connectivity index (χ2v) is 6.81. The van der Waals surface area contributed by atoms with Gasteiger partial charge in [-0.05, 0) is 23.8 Å². The Morgan fingerprint density at radius 1 is 1.16 bits per heavy atom. The summed E-state index contributed by atoms with van der Waals surface area (Å²) in [7, 11) is 0. The normalized spacial score (nSPS) is 14.3. The van der Waals surface area contributed by atoms with E-state index in [0.717, 1.165) is 16.6 Å². The SMILES string of the molecule is O=c1[nH]c2ccccc2n1C1=NN=C(NCc2ccccc2Cl)SC1. The van der Waals surface area contributed by atoms with Crippen molar-refractivity contribution in [3.8, 4) is 0 Å². The van der Waals surface area contributed by atoms with Crippen molar-refractivity contribution in [1.29, 1.82) is 0 Å². The van der Waals surface area contributed by atoms with E-state index in [0.29, 0.717) is 28.3 Å². The average Bonchev–Trinajstić information content (AvgIpc) is 2.97. The third-order valence-electron chi connectivity index (χ3n) is 3.83. The van der Waals surface area contributed by atoms with Crippen molar-refractivity contribution in [3.63, 3.8) is 0 Å². The summed E-state index contributed by atoms with van der Waals surface area (Å²) in [6, 6.07) is 15.2. The topological polar surface area (TPSA) is 74.5 Å². The van der Waals surface area contributed by atoms with Gasteiger partial charge in [-0.25, -0.2) is 9.36 Å². The summed E-state index contributed by atoms with van der Waals surface area (Å²) < 4.78 is 1.57. The van der Waals surface area contributed by atoms with Crippen molar-refractivity contribution in [1.82, 2.24) is 14.9 Å². The molecule has 3 aromatic rings. The Kier molecular flexibility index (Phi) is 4.33. The first-order chi connectivity index (χ1) is 12.2. The van der Waals surface area contributed by atoms with Crippen LogP contribution in [0.1, 0.15) is 5.56 Å². The lowest BCUT2D eigenvalue weighted by atomic mass is 10.2. The molecule has 1 aliphatic rings. The van der Waals surface area contributed by atoms with Gasteiger partial charge < -0.3 is 10.3 Å². The summed E-state index contributed by atoms with van der Waals surface area (Å²) in [6.07, 6.45) is 0. The van der Waals surface area contributed by atoms with Crippen LogP contribution in [-0.4, -0.2) is 26.3 Å². The number of aromatic nitrogens is 2. The fourth-order valence-electron chi connectivity index (χ4n) is 2.61. The number of halogens is 1. The summed E-state index contributed by atoms with van der Waals surface area (Å²) in [5.41, 5.74) is 2.37. The van der Waals surface area contributed by atoms with Crippen molar-refractivity contribution >= 4 is 45.4 Å². The molecule has 2 heterocycles. The highest BCUT2D eigenvalue weighted by molar-refractivity contribution is 8.14. The maximum atomic E-state index is 12.2. The van der Waals surface area contributed by atoms with Gasteiger partial charge in [0.25, 0.3) is 0 Å². The van der Waals surface area contributed by atoms with Crippen LogP contribution in [0, 0.1) is 0 Å². The van der Waals surface area contributed by atoms with Crippen molar-refractivity contribution in [3.05, 3.63) is 69.6 Å². The largest absolute Gasteiger partial charge is 0.359 e. The highest BCUT2D eigenvalue weighted by atomic mass is 35.5. The Morgan fingerprint density at radius 2 is 1.96 bits per heavy atom. The second-order valence-electron chi connectivity index (χ2n) is 5.44. The van der Waals surface area contributed by atoms with Gasteiger partial charge in [-0.2, -0.15) is 0 Å². The van der Waals surface area contributed by atoms with Gasteiger partial charge in [0, 0.05) is 11.6 Å². The zero-order chi connectivity index (χ0) is 17.2. The van der Waals surface area contributed by atoms with Crippen molar-refractivity contribution < 1.29 is 0 Å². The van der Waals surface area contributed by atoms with Gasteiger partial charge in [-0.3, -0.25) is 0 Å². The van der Waals surface area contributed by atoms with E-state index in [9.17, 15) is 4.79 Å². The molecule has 0 saturated carbocycles. The minimum atomic E-state index is -0.205. The Labute approximate surface area is 152 Å². The lowest BCUT2D eigenvalue weighted by Gasteiger charge is -2.14. The molecule has 4 rings (SSSR count). The molecule has 0 saturated heterocycles. The van der Waals surface area contributed by atoms with Crippen LogP contribution in [0.2, 0.25) is 5.02 Å². The number of nitrogens with zero attached hydrogens (tertiary/aromatic N) is 3. The van der Waals surface area contributed by atoms with Crippen LogP contribution in [0.25, 0.3) is 11.0 Å². The molecule has 0 aliphatic carbocycles. The molecule has 2 N–H and O–H groups in total. The number of fused-ring (bicyclic) bond motifs is 1. The first kappa shape index (κ1) is 16.0. The Hall–Kier alpha value is -2.51. The maximum Gasteiger partial charge on any atom is 0.332 e. The van der Waals surface area contributed by atoms with Gasteiger partial charge in [-0.15, -0.1) is 10.2 Å². The molecule has 6 nitrogen and oxygen atoms in total. The minimum Gasteiger partial charge on any atom is -0.359 e. The smallest absolute Gasteiger partial charge is 0.332 e. The zero-order valence-electron chi connectivity index (χ0n) is 13.1. The number of rotatable bonds is 2. The number of aromatic amines is 1. The molecule has 0 unspecified atom stereocenters. The number of thioether (sulfide) groups is 1. The van der Waals surface area contributed by atoms with Gasteiger partial charge in [0.05, 0.1) is 16.8 Å². The van der Waals surface area contributed by atoms with Crippen LogP contribution in [0.3, 0.4) is 0 Å². The fourth-order valence-corrected chi connectivity index (χ4v) is 3.54. The fraction of sp³-hybridized carbons (Fsp3) is 0.118. The molecule has 1 aliphatic heterocycles. The molecule has 126 valence electrons. The molecule has 0 spiro atoms. The van der Waals surface area contributed by atoms with Crippen LogP contribution in [0.4, 0.5) is 0 Å². The van der Waals surface area contributed by atoms with E-state index in [4.69, 9.17) is 11.6 Å². The van der Waals surface area contributed by atoms with E-state index in [1.54, 1.807) is 4.57 Å². The lowest BCUT2D eigenvalue weighted by Crippen LogP contribution is -2.31. The monoisotopic (exact) mass is 371 g/mol. The Morgan fingerprint density at radius 3 is 2.76 bits per heavy atom. The van der Waals surface area contributed by atoms with Crippen LogP contribution in [0.15, 0.2) is 63.5 Å². The van der Waals surface area contributed by atoms with E-state index in [1.165, 1.54) is 11.8 Å². The van der Waals surface area contributed by atoms with E-state index in [2.05, 4.69) is 20.5 Å². The number of H-pyrrole nitrogens is 1. The van der Waals surface area contributed by atoms with E-state index in [1.807, 2.05) is 48.5 Å². The van der Waals surface area contributed by atoms with E-state index < -0.39 is 0 Å². The molecule has 8 heteroatoms. The first-order valence-corrected chi connectivity index (χ1v) is 9.03. The van der Waals surface area contributed by atoms with Crippen molar-refractivity contribution in [2.24, 2.45) is 10.2 Å². The number of nitrogens with one attached hydrogen (secondary N) is 2. The Balaban J connectivity index is 1.55. The number of benzene rings is 2. The molecule has 25 heavy (non-hydrogen) atoms. The number of hydrogen-bond donors (Lipinski definition) is 2.